The van der Waals surface area contributed by atoms with E-state index < -0.39 is 0 Å². The molecule has 0 spiro atoms. The minimum atomic E-state index is -0.0205. The van der Waals surface area contributed by atoms with Gasteiger partial charge in [-0.3, -0.25) is 9.59 Å². The first-order chi connectivity index (χ1) is 8.38. The average Bonchev–Trinajstić information content (AvgIpc) is 2.30. The van der Waals surface area contributed by atoms with Crippen molar-refractivity contribution in [3.63, 3.8) is 0 Å². The van der Waals surface area contributed by atoms with Gasteiger partial charge in [-0.05, 0) is 18.8 Å². The molecule has 4 heteroatoms. The number of unbranched alkanes of at least 4 members (excludes halogenated alkanes) is 1. The van der Waals surface area contributed by atoms with Crippen LogP contribution in [-0.2, 0) is 9.59 Å². The van der Waals surface area contributed by atoms with Gasteiger partial charge in [0.25, 0.3) is 0 Å². The highest BCUT2D eigenvalue weighted by Crippen LogP contribution is 2.03. The molecule has 4 nitrogen and oxygen atoms in total. The van der Waals surface area contributed by atoms with E-state index in [9.17, 15) is 9.59 Å². The molecule has 2 amide bonds. The normalized spacial score (nSPS) is 10.6. The summed E-state index contributed by atoms with van der Waals surface area (Å²) in [6, 6.07) is 0. The molecule has 0 atom stereocenters. The van der Waals surface area contributed by atoms with Gasteiger partial charge in [0.05, 0.1) is 6.54 Å². The Morgan fingerprint density at radius 2 is 1.78 bits per heavy atom. The molecule has 0 bridgehead atoms. The predicted molar refractivity (Wildman–Crippen MR) is 74.3 cm³/mol. The summed E-state index contributed by atoms with van der Waals surface area (Å²) in [4.78, 5) is 26.8. The fourth-order valence-electron chi connectivity index (χ4n) is 1.57. The highest BCUT2D eigenvalue weighted by molar-refractivity contribution is 5.83. The molecular formula is C14H28N2O2. The lowest BCUT2D eigenvalue weighted by Gasteiger charge is -2.25. The van der Waals surface area contributed by atoms with Gasteiger partial charge < -0.3 is 9.80 Å². The molecule has 0 aliphatic carbocycles. The Hall–Kier alpha value is -1.06. The van der Waals surface area contributed by atoms with Crippen LogP contribution in [0.1, 0.15) is 47.0 Å². The minimum absolute atomic E-state index is 0.0205. The maximum absolute atomic E-state index is 11.9. The van der Waals surface area contributed by atoms with E-state index in [1.165, 1.54) is 6.92 Å². The molecule has 0 aromatic carbocycles. The molecule has 18 heavy (non-hydrogen) atoms. The van der Waals surface area contributed by atoms with Crippen molar-refractivity contribution in [2.24, 2.45) is 5.92 Å². The minimum Gasteiger partial charge on any atom is -0.344 e. The molecule has 0 saturated carbocycles. The molecule has 0 heterocycles. The van der Waals surface area contributed by atoms with Gasteiger partial charge in [0.2, 0.25) is 11.8 Å². The molecule has 0 aromatic rings. The number of amides is 2. The predicted octanol–water partition coefficient (Wildman–Crippen LogP) is 2.14. The van der Waals surface area contributed by atoms with Gasteiger partial charge in [-0.25, -0.2) is 0 Å². The topological polar surface area (TPSA) is 40.6 Å². The molecule has 0 N–H and O–H groups in total. The number of hydrogen-bond donors (Lipinski definition) is 0. The van der Waals surface area contributed by atoms with Crippen LogP contribution in [0.15, 0.2) is 0 Å². The summed E-state index contributed by atoms with van der Waals surface area (Å²) in [5, 5.41) is 0. The van der Waals surface area contributed by atoms with Gasteiger partial charge in [-0.2, -0.15) is 0 Å². The summed E-state index contributed by atoms with van der Waals surface area (Å²) in [6.45, 7) is 9.51. The zero-order chi connectivity index (χ0) is 14.1. The van der Waals surface area contributed by atoms with Gasteiger partial charge in [-0.15, -0.1) is 0 Å². The molecule has 0 rings (SSSR count). The molecule has 0 aliphatic rings. The molecule has 0 radical (unpaired) electrons. The zero-order valence-corrected chi connectivity index (χ0v) is 12.5. The van der Waals surface area contributed by atoms with Gasteiger partial charge in [-0.1, -0.05) is 27.2 Å². The number of nitrogens with zero attached hydrogens (tertiary/aromatic N) is 2. The van der Waals surface area contributed by atoms with Crippen LogP contribution in [0.25, 0.3) is 0 Å². The zero-order valence-electron chi connectivity index (χ0n) is 12.5. The smallest absolute Gasteiger partial charge is 0.241 e. The summed E-state index contributed by atoms with van der Waals surface area (Å²) in [5.41, 5.74) is 0. The van der Waals surface area contributed by atoms with Crippen molar-refractivity contribution in [3.8, 4) is 0 Å². The van der Waals surface area contributed by atoms with Gasteiger partial charge in [0.15, 0.2) is 0 Å². The Morgan fingerprint density at radius 3 is 2.22 bits per heavy atom. The van der Waals surface area contributed by atoms with E-state index in [1.54, 1.807) is 16.8 Å². The van der Waals surface area contributed by atoms with Crippen LogP contribution in [0.5, 0.6) is 0 Å². The van der Waals surface area contributed by atoms with Crippen LogP contribution in [0.3, 0.4) is 0 Å². The fourth-order valence-corrected chi connectivity index (χ4v) is 1.57. The summed E-state index contributed by atoms with van der Waals surface area (Å²) >= 11 is 0. The van der Waals surface area contributed by atoms with Gasteiger partial charge in [0, 0.05) is 27.1 Å². The number of carbonyl (C=O) groups excluding carboxylic acids is 2. The molecule has 0 aliphatic heterocycles. The monoisotopic (exact) mass is 256 g/mol. The quantitative estimate of drug-likeness (QED) is 0.667. The first kappa shape index (κ1) is 16.9. The maximum atomic E-state index is 11.9. The standard InChI is InChI=1S/C14H28N2O2/c1-6-7-9-15(5)14(18)11-16(13(4)17)10-8-12(2)3/h12H,6-11H2,1-5H3. The summed E-state index contributed by atoms with van der Waals surface area (Å²) < 4.78 is 0. The lowest BCUT2D eigenvalue weighted by Crippen LogP contribution is -2.41. The first-order valence-electron chi connectivity index (χ1n) is 6.87. The molecule has 0 saturated heterocycles. The average molecular weight is 256 g/mol. The van der Waals surface area contributed by atoms with E-state index >= 15 is 0 Å². The van der Waals surface area contributed by atoms with Crippen molar-refractivity contribution in [1.29, 1.82) is 0 Å². The Kier molecular flexibility index (Phi) is 8.42. The van der Waals surface area contributed by atoms with E-state index in [1.807, 2.05) is 0 Å². The van der Waals surface area contributed by atoms with Crippen LogP contribution in [-0.4, -0.2) is 48.3 Å². The van der Waals surface area contributed by atoms with Crippen LogP contribution in [0.4, 0.5) is 0 Å². The van der Waals surface area contributed by atoms with E-state index in [4.69, 9.17) is 0 Å². The Balaban J connectivity index is 4.22. The van der Waals surface area contributed by atoms with E-state index in [-0.39, 0.29) is 18.4 Å². The number of rotatable bonds is 8. The van der Waals surface area contributed by atoms with Gasteiger partial charge in [0.1, 0.15) is 0 Å². The maximum Gasteiger partial charge on any atom is 0.241 e. The van der Waals surface area contributed by atoms with Crippen LogP contribution < -0.4 is 0 Å². The fraction of sp³-hybridized carbons (Fsp3) is 0.857. The van der Waals surface area contributed by atoms with Crippen molar-refractivity contribution < 1.29 is 9.59 Å². The van der Waals surface area contributed by atoms with Crippen molar-refractivity contribution in [2.45, 2.75) is 47.0 Å². The van der Waals surface area contributed by atoms with E-state index in [0.717, 1.165) is 25.8 Å². The number of carbonyl (C=O) groups is 2. The number of hydrogen-bond acceptors (Lipinski definition) is 2. The number of likely N-dealkylation sites (N-methyl/N-ethyl adjacent to an activating group) is 1. The third-order valence-electron chi connectivity index (χ3n) is 3.02. The molecule has 0 fully saturated rings. The van der Waals surface area contributed by atoms with Gasteiger partial charge >= 0.3 is 0 Å². The first-order valence-corrected chi connectivity index (χ1v) is 6.87. The highest BCUT2D eigenvalue weighted by Gasteiger charge is 2.16. The second kappa shape index (κ2) is 8.95. The Bertz CT molecular complexity index is 265. The van der Waals surface area contributed by atoms with Crippen molar-refractivity contribution in [1.82, 2.24) is 9.80 Å². The van der Waals surface area contributed by atoms with Crippen LogP contribution in [0.2, 0.25) is 0 Å². The second-order valence-electron chi connectivity index (χ2n) is 5.29. The Labute approximate surface area is 111 Å². The van der Waals surface area contributed by atoms with Crippen LogP contribution >= 0.6 is 0 Å². The second-order valence-corrected chi connectivity index (χ2v) is 5.29. The molecule has 0 unspecified atom stereocenters. The lowest BCUT2D eigenvalue weighted by atomic mass is 10.1. The highest BCUT2D eigenvalue weighted by atomic mass is 16.2. The molecule has 106 valence electrons. The summed E-state index contributed by atoms with van der Waals surface area (Å²) in [7, 11) is 1.80. The molecule has 0 aromatic heterocycles. The SMILES string of the molecule is CCCCN(C)C(=O)CN(CCC(C)C)C(C)=O. The lowest BCUT2D eigenvalue weighted by molar-refractivity contribution is -0.138. The third-order valence-corrected chi connectivity index (χ3v) is 3.02. The summed E-state index contributed by atoms with van der Waals surface area (Å²) in [5.74, 6) is 0.551. The third kappa shape index (κ3) is 7.30. The Morgan fingerprint density at radius 1 is 1.17 bits per heavy atom. The van der Waals surface area contributed by atoms with Crippen molar-refractivity contribution in [3.05, 3.63) is 0 Å². The molecular weight excluding hydrogens is 228 g/mol. The van der Waals surface area contributed by atoms with E-state index in [0.29, 0.717) is 12.5 Å². The van der Waals surface area contributed by atoms with Crippen molar-refractivity contribution in [2.75, 3.05) is 26.7 Å². The summed E-state index contributed by atoms with van der Waals surface area (Å²) in [6.07, 6.45) is 3.02. The van der Waals surface area contributed by atoms with Crippen LogP contribution in [0, 0.1) is 5.92 Å². The largest absolute Gasteiger partial charge is 0.344 e. The van der Waals surface area contributed by atoms with E-state index in [2.05, 4.69) is 20.8 Å². The van der Waals surface area contributed by atoms with Crippen molar-refractivity contribution >= 4 is 11.8 Å².